The van der Waals surface area contributed by atoms with E-state index in [1.54, 1.807) is 11.3 Å². The zero-order chi connectivity index (χ0) is 15.0. The van der Waals surface area contributed by atoms with Crippen molar-refractivity contribution in [1.82, 2.24) is 14.9 Å². The third-order valence-corrected chi connectivity index (χ3v) is 4.94. The van der Waals surface area contributed by atoms with Crippen molar-refractivity contribution in [2.24, 2.45) is 0 Å². The van der Waals surface area contributed by atoms with Gasteiger partial charge < -0.3 is 4.98 Å². The summed E-state index contributed by atoms with van der Waals surface area (Å²) in [5.74, 6) is 1.03. The predicted octanol–water partition coefficient (Wildman–Crippen LogP) is 3.17. The van der Waals surface area contributed by atoms with E-state index in [2.05, 4.69) is 14.9 Å². The summed E-state index contributed by atoms with van der Waals surface area (Å²) in [7, 11) is 0. The maximum atomic E-state index is 12.3. The largest absolute Gasteiger partial charge is 0.310 e. The number of aromatic nitrogens is 2. The summed E-state index contributed by atoms with van der Waals surface area (Å²) >= 11 is 7.56. The van der Waals surface area contributed by atoms with E-state index in [9.17, 15) is 4.79 Å². The van der Waals surface area contributed by atoms with Gasteiger partial charge in [-0.3, -0.25) is 9.69 Å². The summed E-state index contributed by atoms with van der Waals surface area (Å²) in [6, 6.07) is 3.97. The Kier molecular flexibility index (Phi) is 4.15. The zero-order valence-corrected chi connectivity index (χ0v) is 13.7. The molecule has 0 unspecified atom stereocenters. The van der Waals surface area contributed by atoms with Crippen LogP contribution < -0.4 is 5.56 Å². The maximum Gasteiger partial charge on any atom is 0.255 e. The van der Waals surface area contributed by atoms with E-state index in [4.69, 9.17) is 11.6 Å². The molecule has 1 N–H and O–H groups in total. The number of hydrogen-bond acceptors (Lipinski definition) is 4. The van der Waals surface area contributed by atoms with Gasteiger partial charge in [0.1, 0.15) is 5.82 Å². The quantitative estimate of drug-likeness (QED) is 0.944. The van der Waals surface area contributed by atoms with Crippen molar-refractivity contribution in [3.63, 3.8) is 0 Å². The van der Waals surface area contributed by atoms with Crippen LogP contribution in [0, 0.1) is 0 Å². The van der Waals surface area contributed by atoms with Gasteiger partial charge in [0.05, 0.1) is 15.6 Å². The van der Waals surface area contributed by atoms with Gasteiger partial charge in [0.15, 0.2) is 0 Å². The molecule has 6 heteroatoms. The van der Waals surface area contributed by atoms with E-state index < -0.39 is 0 Å². The van der Waals surface area contributed by atoms with Gasteiger partial charge in [0, 0.05) is 36.9 Å². The van der Waals surface area contributed by atoms with Crippen LogP contribution in [0.25, 0.3) is 0 Å². The summed E-state index contributed by atoms with van der Waals surface area (Å²) in [5.41, 5.74) is 1.79. The number of halogens is 1. The fourth-order valence-electron chi connectivity index (χ4n) is 2.57. The molecule has 21 heavy (non-hydrogen) atoms. The number of rotatable bonds is 3. The molecule has 0 aromatic carbocycles. The van der Waals surface area contributed by atoms with Crippen LogP contribution in [0.5, 0.6) is 0 Å². The van der Waals surface area contributed by atoms with Crippen molar-refractivity contribution in [1.29, 1.82) is 0 Å². The minimum Gasteiger partial charge on any atom is -0.310 e. The molecule has 112 valence electrons. The Bertz CT molecular complexity index is 707. The van der Waals surface area contributed by atoms with Gasteiger partial charge in [-0.15, -0.1) is 11.3 Å². The summed E-state index contributed by atoms with van der Waals surface area (Å²) in [6.45, 7) is 6.50. The topological polar surface area (TPSA) is 49.0 Å². The van der Waals surface area contributed by atoms with Crippen molar-refractivity contribution < 1.29 is 0 Å². The first-order valence-electron chi connectivity index (χ1n) is 7.11. The Morgan fingerprint density at radius 2 is 2.29 bits per heavy atom. The fourth-order valence-corrected chi connectivity index (χ4v) is 3.70. The first-order chi connectivity index (χ1) is 10.0. The Hall–Kier alpha value is -1.17. The van der Waals surface area contributed by atoms with Crippen LogP contribution in [-0.4, -0.2) is 21.4 Å². The monoisotopic (exact) mass is 323 g/mol. The summed E-state index contributed by atoms with van der Waals surface area (Å²) in [4.78, 5) is 23.3. The normalized spacial score (nSPS) is 15.4. The van der Waals surface area contributed by atoms with Crippen molar-refractivity contribution in [3.05, 3.63) is 48.8 Å². The molecule has 0 amide bonds. The second kappa shape index (κ2) is 5.91. The van der Waals surface area contributed by atoms with Crippen LogP contribution in [0.1, 0.15) is 41.7 Å². The minimum absolute atomic E-state index is 0.0117. The van der Waals surface area contributed by atoms with E-state index in [1.807, 2.05) is 26.0 Å². The van der Waals surface area contributed by atoms with Crippen LogP contribution in [0.4, 0.5) is 0 Å². The molecular formula is C15H18ClN3OS. The maximum absolute atomic E-state index is 12.3. The Morgan fingerprint density at radius 1 is 1.48 bits per heavy atom. The standard InChI is InChI=1S/C15H18ClN3OS/c1-9(2)14-17-12-5-6-19(8-11(12)15(20)18-14)7-10-3-4-13(16)21-10/h3-4,9H,5-8H2,1-2H3,(H,17,18,20). The molecule has 3 heterocycles. The predicted molar refractivity (Wildman–Crippen MR) is 86.1 cm³/mol. The molecule has 0 aliphatic carbocycles. The van der Waals surface area contributed by atoms with Crippen molar-refractivity contribution in [2.75, 3.05) is 6.54 Å². The molecule has 0 radical (unpaired) electrons. The van der Waals surface area contributed by atoms with Crippen molar-refractivity contribution >= 4 is 22.9 Å². The van der Waals surface area contributed by atoms with Crippen LogP contribution in [0.3, 0.4) is 0 Å². The molecule has 0 spiro atoms. The molecule has 0 bridgehead atoms. The molecule has 0 atom stereocenters. The first-order valence-corrected chi connectivity index (χ1v) is 8.31. The third-order valence-electron chi connectivity index (χ3n) is 3.72. The molecule has 0 fully saturated rings. The average molecular weight is 324 g/mol. The molecular weight excluding hydrogens is 306 g/mol. The van der Waals surface area contributed by atoms with Gasteiger partial charge in [0.25, 0.3) is 5.56 Å². The number of aromatic amines is 1. The number of thiophene rings is 1. The number of hydrogen-bond donors (Lipinski definition) is 1. The Morgan fingerprint density at radius 3 is 2.95 bits per heavy atom. The van der Waals surface area contributed by atoms with Gasteiger partial charge in [-0.25, -0.2) is 4.98 Å². The highest BCUT2D eigenvalue weighted by Gasteiger charge is 2.22. The fraction of sp³-hybridized carbons (Fsp3) is 0.467. The lowest BCUT2D eigenvalue weighted by Gasteiger charge is -2.27. The second-order valence-electron chi connectivity index (χ2n) is 5.70. The minimum atomic E-state index is 0.0117. The summed E-state index contributed by atoms with van der Waals surface area (Å²) < 4.78 is 0.809. The molecule has 1 aliphatic rings. The van der Waals surface area contributed by atoms with E-state index in [0.717, 1.165) is 40.9 Å². The molecule has 0 saturated heterocycles. The number of nitrogens with one attached hydrogen (secondary N) is 1. The summed E-state index contributed by atoms with van der Waals surface area (Å²) in [5, 5.41) is 0. The van der Waals surface area contributed by atoms with Crippen LogP contribution in [0.2, 0.25) is 4.34 Å². The summed E-state index contributed by atoms with van der Waals surface area (Å²) in [6.07, 6.45) is 0.831. The van der Waals surface area contributed by atoms with E-state index in [-0.39, 0.29) is 11.5 Å². The molecule has 4 nitrogen and oxygen atoms in total. The third kappa shape index (κ3) is 3.20. The molecule has 2 aromatic heterocycles. The van der Waals surface area contributed by atoms with Gasteiger partial charge in [-0.05, 0) is 12.1 Å². The molecule has 3 rings (SSSR count). The van der Waals surface area contributed by atoms with Gasteiger partial charge in [0.2, 0.25) is 0 Å². The highest BCUT2D eigenvalue weighted by Crippen LogP contribution is 2.24. The first kappa shape index (κ1) is 14.8. The lowest BCUT2D eigenvalue weighted by atomic mass is 10.1. The smallest absolute Gasteiger partial charge is 0.255 e. The van der Waals surface area contributed by atoms with Crippen molar-refractivity contribution in [2.45, 2.75) is 39.3 Å². The average Bonchev–Trinajstić information content (AvgIpc) is 2.84. The Balaban J connectivity index is 1.81. The van der Waals surface area contributed by atoms with Gasteiger partial charge in [-0.2, -0.15) is 0 Å². The molecule has 2 aromatic rings. The van der Waals surface area contributed by atoms with E-state index >= 15 is 0 Å². The number of H-pyrrole nitrogens is 1. The lowest BCUT2D eigenvalue weighted by Crippen LogP contribution is -2.35. The van der Waals surface area contributed by atoms with Crippen LogP contribution in [-0.2, 0) is 19.5 Å². The highest BCUT2D eigenvalue weighted by molar-refractivity contribution is 7.16. The number of nitrogens with zero attached hydrogens (tertiary/aromatic N) is 2. The Labute approximate surface area is 132 Å². The van der Waals surface area contributed by atoms with Crippen molar-refractivity contribution in [3.8, 4) is 0 Å². The van der Waals surface area contributed by atoms with Crippen LogP contribution >= 0.6 is 22.9 Å². The highest BCUT2D eigenvalue weighted by atomic mass is 35.5. The van der Waals surface area contributed by atoms with E-state index in [1.165, 1.54) is 4.88 Å². The van der Waals surface area contributed by atoms with Gasteiger partial charge in [-0.1, -0.05) is 25.4 Å². The van der Waals surface area contributed by atoms with E-state index in [0.29, 0.717) is 6.54 Å². The zero-order valence-electron chi connectivity index (χ0n) is 12.1. The SMILES string of the molecule is CC(C)c1nc2c(c(=O)[nH]1)CN(Cc1ccc(Cl)s1)CC2. The molecule has 1 aliphatic heterocycles. The lowest BCUT2D eigenvalue weighted by molar-refractivity contribution is 0.243. The molecule has 0 saturated carbocycles. The van der Waals surface area contributed by atoms with Crippen LogP contribution in [0.15, 0.2) is 16.9 Å². The second-order valence-corrected chi connectivity index (χ2v) is 7.50. The number of fused-ring (bicyclic) bond motifs is 1. The van der Waals surface area contributed by atoms with Gasteiger partial charge >= 0.3 is 0 Å².